The van der Waals surface area contributed by atoms with Gasteiger partial charge in [-0.15, -0.1) is 11.3 Å². The van der Waals surface area contributed by atoms with Crippen LogP contribution in [-0.4, -0.2) is 19.1 Å². The third-order valence-corrected chi connectivity index (χ3v) is 13.8. The van der Waals surface area contributed by atoms with Gasteiger partial charge in [-0.3, -0.25) is 0 Å². The zero-order valence-corrected chi connectivity index (χ0v) is 34.2. The van der Waals surface area contributed by atoms with E-state index in [1.54, 1.807) is 11.3 Å². The first-order valence-electron chi connectivity index (χ1n) is 20.8. The lowest BCUT2D eigenvalue weighted by atomic mass is 9.96. The summed E-state index contributed by atoms with van der Waals surface area (Å²) in [6.07, 6.45) is 0. The van der Waals surface area contributed by atoms with Gasteiger partial charge in [0, 0.05) is 43.7 Å². The largest absolute Gasteiger partial charge is 0.309 e. The van der Waals surface area contributed by atoms with E-state index < -0.39 is 0 Å². The Bertz CT molecular complexity index is 3900. The molecule has 0 saturated heterocycles. The second-order valence-corrected chi connectivity index (χ2v) is 17.0. The lowest BCUT2D eigenvalue weighted by Crippen LogP contribution is -1.94. The Morgan fingerprint density at radius 1 is 0.349 bits per heavy atom. The maximum absolute atomic E-state index is 9.97. The van der Waals surface area contributed by atoms with E-state index >= 15 is 0 Å². The van der Waals surface area contributed by atoms with Gasteiger partial charge in [0.25, 0.3) is 0 Å². The summed E-state index contributed by atoms with van der Waals surface area (Å²) < 4.78 is 4.70. The van der Waals surface area contributed by atoms with E-state index in [0.29, 0.717) is 11.1 Å². The van der Waals surface area contributed by atoms with Gasteiger partial charge in [0.05, 0.1) is 66.1 Å². The first-order valence-corrected chi connectivity index (χ1v) is 21.6. The molecule has 0 spiro atoms. The van der Waals surface area contributed by atoms with E-state index in [1.807, 2.05) is 36.4 Å². The molecule has 0 N–H and O–H groups in total. The Kier molecular flexibility index (Phi) is 7.50. The van der Waals surface area contributed by atoms with Gasteiger partial charge in [-0.1, -0.05) is 109 Å². The van der Waals surface area contributed by atoms with Crippen LogP contribution in [0.25, 0.3) is 119 Å². The molecule has 290 valence electrons. The molecule has 9 aromatic carbocycles. The number of fused-ring (bicyclic) bond motifs is 13. The van der Waals surface area contributed by atoms with E-state index in [9.17, 15) is 10.5 Å². The van der Waals surface area contributed by atoms with Crippen LogP contribution in [0.2, 0.25) is 0 Å². The number of nitriles is 2. The van der Waals surface area contributed by atoms with Crippen molar-refractivity contribution in [2.75, 3.05) is 0 Å². The van der Waals surface area contributed by atoms with Crippen LogP contribution in [0.5, 0.6) is 0 Å². The molecule has 0 aliphatic heterocycles. The molecule has 6 nitrogen and oxygen atoms in total. The highest BCUT2D eigenvalue weighted by molar-refractivity contribution is 7.20. The number of hydrogen-bond donors (Lipinski definition) is 0. The molecule has 0 radical (unpaired) electrons. The highest BCUT2D eigenvalue weighted by atomic mass is 32.1. The molecule has 0 fully saturated rings. The average molecular weight is 819 g/mol. The van der Waals surface area contributed by atoms with Crippen molar-refractivity contribution in [1.82, 2.24) is 19.1 Å². The Labute approximate surface area is 364 Å². The van der Waals surface area contributed by atoms with Crippen LogP contribution in [0, 0.1) is 22.7 Å². The van der Waals surface area contributed by atoms with Crippen molar-refractivity contribution >= 4 is 98.6 Å². The fourth-order valence-corrected chi connectivity index (χ4v) is 10.9. The molecular formula is C56H30N6S. The minimum atomic E-state index is 0.545. The summed E-state index contributed by atoms with van der Waals surface area (Å²) in [5.74, 6) is 0. The molecule has 7 heteroatoms. The Balaban J connectivity index is 1.15. The van der Waals surface area contributed by atoms with Crippen molar-refractivity contribution in [1.29, 1.82) is 10.5 Å². The van der Waals surface area contributed by atoms with E-state index in [4.69, 9.17) is 9.97 Å². The van der Waals surface area contributed by atoms with Crippen LogP contribution in [0.3, 0.4) is 0 Å². The number of benzene rings is 9. The summed E-state index contributed by atoms with van der Waals surface area (Å²) in [5.41, 5.74) is 13.0. The van der Waals surface area contributed by atoms with E-state index in [0.717, 1.165) is 97.9 Å². The summed E-state index contributed by atoms with van der Waals surface area (Å²) in [4.78, 5) is 13.3. The lowest BCUT2D eigenvalue weighted by Gasteiger charge is -2.11. The smallest absolute Gasteiger partial charge is 0.109 e. The molecule has 0 bridgehead atoms. The number of nitrogens with zero attached hydrogens (tertiary/aromatic N) is 6. The number of thiophene rings is 1. The normalized spacial score (nSPS) is 11.8. The van der Waals surface area contributed by atoms with Crippen molar-refractivity contribution in [3.63, 3.8) is 0 Å². The SMILES string of the molecule is N#Cc1ccc2c(c1)c1cc(C#N)ccc1c1nc3c(-c4ccc5c6ccccc6n(-c6ccccc6)c5c4)sc(-c4ccc5c6ccccc6n(-c6ccccc6)c5c4)c3nc21. The molecule has 63 heavy (non-hydrogen) atoms. The number of para-hydroxylation sites is 4. The molecule has 13 aromatic rings. The van der Waals surface area contributed by atoms with E-state index in [2.05, 4.69) is 167 Å². The van der Waals surface area contributed by atoms with Gasteiger partial charge in [-0.2, -0.15) is 10.5 Å². The van der Waals surface area contributed by atoms with Crippen molar-refractivity contribution < 1.29 is 0 Å². The van der Waals surface area contributed by atoms with Crippen molar-refractivity contribution in [2.45, 2.75) is 0 Å². The number of hydrogen-bond acceptors (Lipinski definition) is 5. The highest BCUT2D eigenvalue weighted by Gasteiger charge is 2.24. The second kappa shape index (κ2) is 13.4. The highest BCUT2D eigenvalue weighted by Crippen LogP contribution is 2.47. The molecule has 4 aromatic heterocycles. The Morgan fingerprint density at radius 3 is 1.19 bits per heavy atom. The zero-order valence-electron chi connectivity index (χ0n) is 33.4. The van der Waals surface area contributed by atoms with Crippen LogP contribution in [-0.2, 0) is 0 Å². The van der Waals surface area contributed by atoms with Crippen LogP contribution in [0.1, 0.15) is 11.1 Å². The fourth-order valence-electron chi connectivity index (χ4n) is 9.74. The third-order valence-electron chi connectivity index (χ3n) is 12.5. The van der Waals surface area contributed by atoms with Gasteiger partial charge >= 0.3 is 0 Å². The first-order chi connectivity index (χ1) is 31.1. The predicted molar refractivity (Wildman–Crippen MR) is 259 cm³/mol. The maximum Gasteiger partial charge on any atom is 0.109 e. The zero-order chi connectivity index (χ0) is 41.8. The average Bonchev–Trinajstić information content (AvgIpc) is 4.01. The standard InChI is InChI=1S/C56H30N6S/c57-31-33-19-23-43-45(27-33)46-28-34(32-58)20-24-44(46)52-51(43)59-53-54(60-52)56(36-22-26-42-40-16-8-10-18-48(40)62(50(42)30-36)38-13-5-2-6-14-38)63-55(53)35-21-25-41-39-15-7-9-17-47(39)61(49(41)29-35)37-11-3-1-4-12-37/h1-30H. The predicted octanol–water partition coefficient (Wildman–Crippen LogP) is 14.4. The van der Waals surface area contributed by atoms with Gasteiger partial charge < -0.3 is 9.13 Å². The molecule has 4 heterocycles. The molecule has 0 atom stereocenters. The summed E-state index contributed by atoms with van der Waals surface area (Å²) in [5, 5.41) is 28.2. The second-order valence-electron chi connectivity index (χ2n) is 16.0. The number of aromatic nitrogens is 4. The van der Waals surface area contributed by atoms with Gasteiger partial charge in [0.2, 0.25) is 0 Å². The van der Waals surface area contributed by atoms with Crippen molar-refractivity contribution in [3.05, 3.63) is 193 Å². The van der Waals surface area contributed by atoms with Crippen LogP contribution in [0.15, 0.2) is 182 Å². The summed E-state index contributed by atoms with van der Waals surface area (Å²) >= 11 is 1.72. The molecule has 0 unspecified atom stereocenters. The number of rotatable bonds is 4. The minimum absolute atomic E-state index is 0.545. The fraction of sp³-hybridized carbons (Fsp3) is 0. The summed E-state index contributed by atoms with van der Waals surface area (Å²) in [6, 6.07) is 67.9. The van der Waals surface area contributed by atoms with Crippen LogP contribution < -0.4 is 0 Å². The molecule has 0 saturated carbocycles. The van der Waals surface area contributed by atoms with Crippen LogP contribution in [0.4, 0.5) is 0 Å². The monoisotopic (exact) mass is 818 g/mol. The van der Waals surface area contributed by atoms with Crippen LogP contribution >= 0.6 is 11.3 Å². The molecule has 0 aliphatic rings. The topological polar surface area (TPSA) is 83.2 Å². The maximum atomic E-state index is 9.97. The quantitative estimate of drug-likeness (QED) is 0.166. The molecule has 0 amide bonds. The first kappa shape index (κ1) is 35.2. The van der Waals surface area contributed by atoms with Crippen molar-refractivity contribution in [2.24, 2.45) is 0 Å². The van der Waals surface area contributed by atoms with Crippen molar-refractivity contribution in [3.8, 4) is 44.4 Å². The third kappa shape index (κ3) is 5.15. The molecular weight excluding hydrogens is 789 g/mol. The molecule has 13 rings (SSSR count). The van der Waals surface area contributed by atoms with E-state index in [-0.39, 0.29) is 0 Å². The summed E-state index contributed by atoms with van der Waals surface area (Å²) in [7, 11) is 0. The Hall–Kier alpha value is -8.62. The summed E-state index contributed by atoms with van der Waals surface area (Å²) in [6.45, 7) is 0. The Morgan fingerprint density at radius 2 is 0.746 bits per heavy atom. The lowest BCUT2D eigenvalue weighted by molar-refractivity contribution is 1.18. The van der Waals surface area contributed by atoms with Gasteiger partial charge in [0.15, 0.2) is 0 Å². The minimum Gasteiger partial charge on any atom is -0.309 e. The van der Waals surface area contributed by atoms with E-state index in [1.165, 1.54) is 21.5 Å². The van der Waals surface area contributed by atoms with Gasteiger partial charge in [-0.25, -0.2) is 9.97 Å². The van der Waals surface area contributed by atoms with Gasteiger partial charge in [0.1, 0.15) is 11.0 Å². The molecule has 0 aliphatic carbocycles. The van der Waals surface area contributed by atoms with Gasteiger partial charge in [-0.05, 0) is 94.7 Å².